The zero-order chi connectivity index (χ0) is 24.8. The molecule has 1 atom stereocenters. The van der Waals surface area contributed by atoms with Gasteiger partial charge >= 0.3 is 0 Å². The molecule has 1 amide bonds. The number of nitrogens with one attached hydrogen (secondary N) is 2. The average Bonchev–Trinajstić information content (AvgIpc) is 3.27. The Kier molecular flexibility index (Phi) is 7.33. The minimum absolute atomic E-state index is 0.284. The Hall–Kier alpha value is -4.29. The number of aromatic nitrogens is 3. The number of nitriles is 1. The van der Waals surface area contributed by atoms with Crippen molar-refractivity contribution in [1.29, 1.82) is 5.26 Å². The number of nitrogens with zero attached hydrogens (tertiary/aromatic N) is 3. The van der Waals surface area contributed by atoms with Gasteiger partial charge in [-0.2, -0.15) is 5.26 Å². The summed E-state index contributed by atoms with van der Waals surface area (Å²) < 4.78 is 6.56. The van der Waals surface area contributed by atoms with E-state index < -0.39 is 5.25 Å². The number of H-pyrrole nitrogens is 1. The number of ether oxygens (including phenoxy) is 1. The highest BCUT2D eigenvalue weighted by Gasteiger charge is 2.22. The van der Waals surface area contributed by atoms with Crippen LogP contribution in [0.2, 0.25) is 0 Å². The summed E-state index contributed by atoms with van der Waals surface area (Å²) in [5.74, 6) is 0.738. The van der Waals surface area contributed by atoms with Gasteiger partial charge in [-0.05, 0) is 55.0 Å². The first-order valence-electron chi connectivity index (χ1n) is 10.9. The standard InChI is InChI=1S/C26H23N5O3S/c1-3-22(25(33)29-23-15-24(32)31(30-23)19-7-5-4-6-8-19)35-26-18(16-27)11-14-21(28-26)17-9-12-20(34-2)13-10-17/h4-15,22,30H,3H2,1-2H3,(H,29,33). The Morgan fingerprint density at radius 2 is 1.91 bits per heavy atom. The van der Waals surface area contributed by atoms with E-state index in [-0.39, 0.29) is 11.5 Å². The van der Waals surface area contributed by atoms with Crippen molar-refractivity contribution in [3.8, 4) is 28.8 Å². The zero-order valence-electron chi connectivity index (χ0n) is 19.2. The molecule has 0 aliphatic heterocycles. The second kappa shape index (κ2) is 10.8. The second-order valence-corrected chi connectivity index (χ2v) is 8.76. The summed E-state index contributed by atoms with van der Waals surface area (Å²) >= 11 is 1.22. The van der Waals surface area contributed by atoms with Crippen LogP contribution < -0.4 is 15.6 Å². The van der Waals surface area contributed by atoms with E-state index in [9.17, 15) is 14.9 Å². The number of rotatable bonds is 8. The maximum atomic E-state index is 13.0. The van der Waals surface area contributed by atoms with Gasteiger partial charge in [-0.15, -0.1) is 0 Å². The lowest BCUT2D eigenvalue weighted by molar-refractivity contribution is -0.115. The molecule has 4 rings (SSSR count). The van der Waals surface area contributed by atoms with Crippen LogP contribution in [0, 0.1) is 11.3 Å². The Balaban J connectivity index is 1.54. The summed E-state index contributed by atoms with van der Waals surface area (Å²) in [7, 11) is 1.60. The molecular weight excluding hydrogens is 462 g/mol. The molecule has 0 aliphatic rings. The van der Waals surface area contributed by atoms with Gasteiger partial charge in [-0.25, -0.2) is 9.67 Å². The van der Waals surface area contributed by atoms with E-state index in [2.05, 4.69) is 21.5 Å². The van der Waals surface area contributed by atoms with Gasteiger partial charge in [0.15, 0.2) is 0 Å². The predicted molar refractivity (Wildman–Crippen MR) is 136 cm³/mol. The molecule has 176 valence electrons. The summed E-state index contributed by atoms with van der Waals surface area (Å²) in [6, 6.07) is 23.5. The van der Waals surface area contributed by atoms with Crippen LogP contribution in [0.3, 0.4) is 0 Å². The van der Waals surface area contributed by atoms with Gasteiger partial charge in [0.25, 0.3) is 5.56 Å². The first-order chi connectivity index (χ1) is 17.0. The maximum Gasteiger partial charge on any atom is 0.273 e. The minimum Gasteiger partial charge on any atom is -0.497 e. The number of hydrogen-bond acceptors (Lipinski definition) is 6. The lowest BCUT2D eigenvalue weighted by Crippen LogP contribution is -2.25. The highest BCUT2D eigenvalue weighted by atomic mass is 32.2. The van der Waals surface area contributed by atoms with Crippen molar-refractivity contribution in [2.45, 2.75) is 23.6 Å². The fourth-order valence-corrected chi connectivity index (χ4v) is 4.43. The molecule has 8 nitrogen and oxygen atoms in total. The number of carbonyl (C=O) groups excluding carboxylic acids is 1. The van der Waals surface area contributed by atoms with Gasteiger partial charge in [0.05, 0.1) is 29.3 Å². The van der Waals surface area contributed by atoms with E-state index in [0.29, 0.717) is 34.2 Å². The number of carbonyl (C=O) groups is 1. The van der Waals surface area contributed by atoms with E-state index in [1.807, 2.05) is 49.4 Å². The fraction of sp³-hybridized carbons (Fsp3) is 0.154. The van der Waals surface area contributed by atoms with Crippen molar-refractivity contribution in [2.75, 3.05) is 12.4 Å². The van der Waals surface area contributed by atoms with Crippen molar-refractivity contribution in [3.05, 3.63) is 88.7 Å². The maximum absolute atomic E-state index is 13.0. The van der Waals surface area contributed by atoms with Gasteiger partial charge in [0.2, 0.25) is 5.91 Å². The fourth-order valence-electron chi connectivity index (χ4n) is 3.44. The number of pyridine rings is 1. The van der Waals surface area contributed by atoms with Gasteiger partial charge in [0, 0.05) is 11.6 Å². The van der Waals surface area contributed by atoms with Crippen LogP contribution in [0.4, 0.5) is 5.82 Å². The Morgan fingerprint density at radius 3 is 2.57 bits per heavy atom. The number of benzene rings is 2. The molecule has 35 heavy (non-hydrogen) atoms. The summed E-state index contributed by atoms with van der Waals surface area (Å²) in [5.41, 5.74) is 2.33. The monoisotopic (exact) mass is 485 g/mol. The first-order valence-corrected chi connectivity index (χ1v) is 11.8. The molecule has 1 unspecified atom stereocenters. The molecule has 0 saturated heterocycles. The van der Waals surface area contributed by atoms with Crippen LogP contribution >= 0.6 is 11.8 Å². The largest absolute Gasteiger partial charge is 0.497 e. The molecule has 0 bridgehead atoms. The molecule has 0 spiro atoms. The van der Waals surface area contributed by atoms with Gasteiger partial charge < -0.3 is 10.1 Å². The van der Waals surface area contributed by atoms with Crippen LogP contribution in [-0.4, -0.2) is 33.0 Å². The average molecular weight is 486 g/mol. The SMILES string of the molecule is CCC(Sc1nc(-c2ccc(OC)cc2)ccc1C#N)C(=O)Nc1cc(=O)n(-c2ccccc2)[nH]1. The van der Waals surface area contributed by atoms with E-state index in [4.69, 9.17) is 4.74 Å². The van der Waals surface area contributed by atoms with Crippen molar-refractivity contribution >= 4 is 23.5 Å². The summed E-state index contributed by atoms with van der Waals surface area (Å²) in [6.45, 7) is 1.88. The Labute approximate surface area is 206 Å². The molecule has 4 aromatic rings. The zero-order valence-corrected chi connectivity index (χ0v) is 20.0. The first kappa shape index (κ1) is 23.9. The van der Waals surface area contributed by atoms with Gasteiger partial charge in [-0.1, -0.05) is 36.9 Å². The van der Waals surface area contributed by atoms with Crippen LogP contribution in [0.1, 0.15) is 18.9 Å². The van der Waals surface area contributed by atoms with Crippen molar-refractivity contribution in [3.63, 3.8) is 0 Å². The van der Waals surface area contributed by atoms with Crippen molar-refractivity contribution < 1.29 is 9.53 Å². The second-order valence-electron chi connectivity index (χ2n) is 7.57. The third kappa shape index (κ3) is 5.45. The lowest BCUT2D eigenvalue weighted by Gasteiger charge is -2.15. The van der Waals surface area contributed by atoms with Crippen molar-refractivity contribution in [1.82, 2.24) is 14.8 Å². The van der Waals surface area contributed by atoms with Crippen LogP contribution in [0.25, 0.3) is 16.9 Å². The number of amides is 1. The summed E-state index contributed by atoms with van der Waals surface area (Å²) in [4.78, 5) is 30.1. The number of anilines is 1. The molecule has 2 aromatic carbocycles. The normalized spacial score (nSPS) is 11.5. The smallest absolute Gasteiger partial charge is 0.273 e. The topological polar surface area (TPSA) is 113 Å². The molecule has 0 saturated carbocycles. The Morgan fingerprint density at radius 1 is 1.17 bits per heavy atom. The molecule has 0 aliphatic carbocycles. The molecular formula is C26H23N5O3S. The minimum atomic E-state index is -0.524. The summed E-state index contributed by atoms with van der Waals surface area (Å²) in [6.07, 6.45) is 0.499. The third-order valence-corrected chi connectivity index (χ3v) is 6.64. The quantitative estimate of drug-likeness (QED) is 0.352. The van der Waals surface area contributed by atoms with E-state index in [1.54, 1.807) is 31.4 Å². The highest BCUT2D eigenvalue weighted by molar-refractivity contribution is 8.00. The van der Waals surface area contributed by atoms with Gasteiger partial charge in [-0.3, -0.25) is 14.7 Å². The number of hydrogen-bond donors (Lipinski definition) is 2. The number of thioether (sulfide) groups is 1. The predicted octanol–water partition coefficient (Wildman–Crippen LogP) is 4.62. The number of para-hydroxylation sites is 1. The Bertz CT molecular complexity index is 1420. The number of methoxy groups -OCH3 is 1. The third-order valence-electron chi connectivity index (χ3n) is 5.28. The van der Waals surface area contributed by atoms with Crippen LogP contribution in [0.5, 0.6) is 5.75 Å². The number of aromatic amines is 1. The molecule has 0 fully saturated rings. The lowest BCUT2D eigenvalue weighted by atomic mass is 10.1. The van der Waals surface area contributed by atoms with E-state index >= 15 is 0 Å². The van der Waals surface area contributed by atoms with Gasteiger partial charge in [0.1, 0.15) is 22.7 Å². The molecule has 2 aromatic heterocycles. The molecule has 2 N–H and O–H groups in total. The van der Waals surface area contributed by atoms with Crippen molar-refractivity contribution in [2.24, 2.45) is 0 Å². The molecule has 9 heteroatoms. The summed E-state index contributed by atoms with van der Waals surface area (Å²) in [5, 5.41) is 15.2. The van der Waals surface area contributed by atoms with Crippen LogP contribution in [-0.2, 0) is 4.79 Å². The van der Waals surface area contributed by atoms with Crippen LogP contribution in [0.15, 0.2) is 82.6 Å². The van der Waals surface area contributed by atoms with E-state index in [1.165, 1.54) is 22.5 Å². The van der Waals surface area contributed by atoms with E-state index in [0.717, 1.165) is 11.3 Å². The molecule has 0 radical (unpaired) electrons. The molecule has 2 heterocycles. The highest BCUT2D eigenvalue weighted by Crippen LogP contribution is 2.30.